The van der Waals surface area contributed by atoms with Crippen LogP contribution in [-0.2, 0) is 4.79 Å². The highest BCUT2D eigenvalue weighted by Gasteiger charge is 2.36. The first-order chi connectivity index (χ1) is 12.9. The molecule has 5 nitrogen and oxygen atoms in total. The van der Waals surface area contributed by atoms with Gasteiger partial charge in [-0.25, -0.2) is 4.90 Å². The fourth-order valence-electron chi connectivity index (χ4n) is 2.54. The summed E-state index contributed by atoms with van der Waals surface area (Å²) >= 11 is 10.2. The van der Waals surface area contributed by atoms with E-state index in [-0.39, 0.29) is 11.1 Å². The third-order valence-corrected chi connectivity index (χ3v) is 5.43. The van der Waals surface area contributed by atoms with Crippen LogP contribution < -0.4 is 14.4 Å². The van der Waals surface area contributed by atoms with Crippen LogP contribution in [0.4, 0.5) is 10.5 Å². The van der Waals surface area contributed by atoms with Crippen LogP contribution in [0.1, 0.15) is 12.5 Å². The van der Waals surface area contributed by atoms with Crippen LogP contribution in [0, 0.1) is 0 Å². The molecule has 3 rings (SSSR count). The summed E-state index contributed by atoms with van der Waals surface area (Å²) in [7, 11) is 1.54. The number of carbonyl (C=O) groups is 2. The lowest BCUT2D eigenvalue weighted by Gasteiger charge is -2.13. The number of rotatable bonds is 5. The zero-order valence-electron chi connectivity index (χ0n) is 14.5. The van der Waals surface area contributed by atoms with Crippen molar-refractivity contribution < 1.29 is 19.1 Å². The average Bonchev–Trinajstić information content (AvgIpc) is 2.91. The molecular weight excluding hydrogens is 454 g/mol. The molecule has 27 heavy (non-hydrogen) atoms. The molecule has 1 fully saturated rings. The number of anilines is 1. The number of benzene rings is 2. The Balaban J connectivity index is 1.94. The minimum Gasteiger partial charge on any atom is -0.493 e. The average molecular weight is 469 g/mol. The minimum atomic E-state index is -0.378. The molecule has 0 atom stereocenters. The molecule has 0 radical (unpaired) electrons. The Morgan fingerprint density at radius 1 is 1.22 bits per heavy atom. The predicted octanol–water partition coefficient (Wildman–Crippen LogP) is 5.75. The number of thioether (sulfide) groups is 1. The van der Waals surface area contributed by atoms with Gasteiger partial charge in [-0.1, -0.05) is 11.6 Å². The Hall–Kier alpha value is -1.96. The third kappa shape index (κ3) is 4.15. The fourth-order valence-corrected chi connectivity index (χ4v) is 4.08. The van der Waals surface area contributed by atoms with E-state index in [0.29, 0.717) is 43.8 Å². The van der Waals surface area contributed by atoms with Gasteiger partial charge in [0.05, 0.1) is 28.8 Å². The Morgan fingerprint density at radius 3 is 2.56 bits per heavy atom. The van der Waals surface area contributed by atoms with Gasteiger partial charge >= 0.3 is 0 Å². The second-order valence-electron chi connectivity index (χ2n) is 5.46. The van der Waals surface area contributed by atoms with Crippen LogP contribution in [0.25, 0.3) is 6.08 Å². The highest BCUT2D eigenvalue weighted by atomic mass is 79.9. The van der Waals surface area contributed by atoms with Crippen LogP contribution in [0.3, 0.4) is 0 Å². The van der Waals surface area contributed by atoms with Gasteiger partial charge in [-0.3, -0.25) is 9.59 Å². The van der Waals surface area contributed by atoms with E-state index in [1.807, 2.05) is 13.0 Å². The Bertz CT molecular complexity index is 930. The van der Waals surface area contributed by atoms with Gasteiger partial charge in [0, 0.05) is 5.02 Å². The molecule has 140 valence electrons. The summed E-state index contributed by atoms with van der Waals surface area (Å²) in [5.74, 6) is 0.747. The first-order valence-corrected chi connectivity index (χ1v) is 9.97. The number of imide groups is 1. The van der Waals surface area contributed by atoms with Gasteiger partial charge in [0.2, 0.25) is 0 Å². The monoisotopic (exact) mass is 467 g/mol. The summed E-state index contributed by atoms with van der Waals surface area (Å²) in [5, 5.41) is 0.179. The normalized spacial score (nSPS) is 15.6. The van der Waals surface area contributed by atoms with Crippen molar-refractivity contribution in [1.82, 2.24) is 0 Å². The summed E-state index contributed by atoms with van der Waals surface area (Å²) in [6.07, 6.45) is 1.66. The van der Waals surface area contributed by atoms with Crippen LogP contribution in [-0.4, -0.2) is 24.9 Å². The molecule has 0 N–H and O–H groups in total. The molecule has 0 unspecified atom stereocenters. The molecule has 2 amide bonds. The van der Waals surface area contributed by atoms with Crippen LogP contribution in [0.2, 0.25) is 5.02 Å². The number of carbonyl (C=O) groups excluding carboxylic acids is 2. The molecule has 1 saturated heterocycles. The zero-order chi connectivity index (χ0) is 19.6. The van der Waals surface area contributed by atoms with E-state index in [9.17, 15) is 9.59 Å². The molecule has 1 heterocycles. The van der Waals surface area contributed by atoms with E-state index in [0.717, 1.165) is 16.7 Å². The van der Waals surface area contributed by atoms with Gasteiger partial charge in [-0.15, -0.1) is 0 Å². The van der Waals surface area contributed by atoms with Gasteiger partial charge in [-0.2, -0.15) is 0 Å². The Morgan fingerprint density at radius 2 is 1.93 bits per heavy atom. The van der Waals surface area contributed by atoms with Crippen molar-refractivity contribution in [3.05, 3.63) is 56.4 Å². The quantitative estimate of drug-likeness (QED) is 0.523. The first-order valence-electron chi connectivity index (χ1n) is 7.98. The van der Waals surface area contributed by atoms with Crippen LogP contribution in [0.5, 0.6) is 11.5 Å². The maximum atomic E-state index is 12.7. The molecule has 2 aromatic rings. The zero-order valence-corrected chi connectivity index (χ0v) is 17.7. The molecule has 0 bridgehead atoms. The molecule has 0 spiro atoms. The second kappa shape index (κ2) is 8.37. The van der Waals surface area contributed by atoms with Crippen LogP contribution >= 0.6 is 39.3 Å². The summed E-state index contributed by atoms with van der Waals surface area (Å²) in [4.78, 5) is 26.5. The third-order valence-electron chi connectivity index (χ3n) is 3.72. The summed E-state index contributed by atoms with van der Waals surface area (Å²) in [6, 6.07) is 10.1. The summed E-state index contributed by atoms with van der Waals surface area (Å²) in [5.41, 5.74) is 1.19. The fraction of sp³-hybridized carbons (Fsp3) is 0.158. The van der Waals surface area contributed by atoms with Crippen molar-refractivity contribution in [2.24, 2.45) is 0 Å². The van der Waals surface area contributed by atoms with Crippen molar-refractivity contribution in [3.63, 3.8) is 0 Å². The van der Waals surface area contributed by atoms with E-state index >= 15 is 0 Å². The van der Waals surface area contributed by atoms with E-state index in [1.54, 1.807) is 43.5 Å². The predicted molar refractivity (Wildman–Crippen MR) is 112 cm³/mol. The topological polar surface area (TPSA) is 55.8 Å². The SMILES string of the molecule is CCOc1c(Br)cc(/C=C2/SC(=O)N(c3ccc(Cl)cc3)C2=O)cc1OC. The number of methoxy groups -OCH3 is 1. The van der Waals surface area contributed by atoms with Gasteiger partial charge in [0.15, 0.2) is 11.5 Å². The van der Waals surface area contributed by atoms with Crippen molar-refractivity contribution >= 4 is 62.2 Å². The van der Waals surface area contributed by atoms with Gasteiger partial charge < -0.3 is 9.47 Å². The van der Waals surface area contributed by atoms with Crippen LogP contribution in [0.15, 0.2) is 45.8 Å². The van der Waals surface area contributed by atoms with E-state index in [1.165, 1.54) is 0 Å². The number of ether oxygens (including phenoxy) is 2. The van der Waals surface area contributed by atoms with E-state index in [4.69, 9.17) is 21.1 Å². The Labute approximate surface area is 174 Å². The minimum absolute atomic E-state index is 0.327. The molecule has 1 aliphatic rings. The van der Waals surface area contributed by atoms with Crippen molar-refractivity contribution in [3.8, 4) is 11.5 Å². The molecule has 0 aromatic heterocycles. The number of hydrogen-bond donors (Lipinski definition) is 0. The maximum Gasteiger partial charge on any atom is 0.298 e. The van der Waals surface area contributed by atoms with Gasteiger partial charge in [0.1, 0.15) is 0 Å². The Kier molecular flexibility index (Phi) is 6.14. The molecule has 0 saturated carbocycles. The van der Waals surface area contributed by atoms with Crippen molar-refractivity contribution in [2.75, 3.05) is 18.6 Å². The molecule has 0 aliphatic carbocycles. The molecule has 8 heteroatoms. The number of hydrogen-bond acceptors (Lipinski definition) is 5. The van der Waals surface area contributed by atoms with Crippen molar-refractivity contribution in [1.29, 1.82) is 0 Å². The number of amides is 2. The molecular formula is C19H15BrClNO4S. The largest absolute Gasteiger partial charge is 0.493 e. The molecule has 1 aliphatic heterocycles. The summed E-state index contributed by atoms with van der Waals surface area (Å²) in [6.45, 7) is 2.38. The second-order valence-corrected chi connectivity index (χ2v) is 7.74. The lowest BCUT2D eigenvalue weighted by Crippen LogP contribution is -2.27. The standard InChI is InChI=1S/C19H15BrClNO4S/c1-3-26-17-14(20)8-11(9-15(17)25-2)10-16-18(23)22(19(24)27-16)13-6-4-12(21)5-7-13/h4-10H,3H2,1-2H3/b16-10+. The van der Waals surface area contributed by atoms with E-state index < -0.39 is 0 Å². The molecule has 2 aromatic carbocycles. The summed E-state index contributed by atoms with van der Waals surface area (Å²) < 4.78 is 11.6. The van der Waals surface area contributed by atoms with Crippen molar-refractivity contribution in [2.45, 2.75) is 6.92 Å². The highest BCUT2D eigenvalue weighted by Crippen LogP contribution is 2.40. The number of nitrogens with zero attached hydrogens (tertiary/aromatic N) is 1. The lowest BCUT2D eigenvalue weighted by molar-refractivity contribution is -0.113. The van der Waals surface area contributed by atoms with Gasteiger partial charge in [-0.05, 0) is 82.7 Å². The lowest BCUT2D eigenvalue weighted by atomic mass is 10.1. The smallest absolute Gasteiger partial charge is 0.298 e. The van der Waals surface area contributed by atoms with E-state index in [2.05, 4.69) is 15.9 Å². The highest BCUT2D eigenvalue weighted by molar-refractivity contribution is 9.10. The van der Waals surface area contributed by atoms with Gasteiger partial charge in [0.25, 0.3) is 11.1 Å². The maximum absolute atomic E-state index is 12.7. The number of halogens is 2. The first kappa shape index (κ1) is 19.8.